The van der Waals surface area contributed by atoms with Gasteiger partial charge in [-0.2, -0.15) is 0 Å². The standard InChI is InChI=1S/C19H34FN/c20-19-10-8-17(9-11-19)14-21-12-4-7-18(15-21)13-16-5-2-1-3-6-16/h16-19H,1-15H2. The normalized spacial score (nSPS) is 36.7. The van der Waals surface area contributed by atoms with Gasteiger partial charge in [0.25, 0.3) is 0 Å². The van der Waals surface area contributed by atoms with E-state index < -0.39 is 6.17 Å². The minimum atomic E-state index is -0.498. The molecule has 1 heterocycles. The van der Waals surface area contributed by atoms with E-state index in [0.29, 0.717) is 0 Å². The van der Waals surface area contributed by atoms with Gasteiger partial charge in [0.05, 0.1) is 0 Å². The summed E-state index contributed by atoms with van der Waals surface area (Å²) in [6, 6.07) is 0. The Kier molecular flexibility index (Phi) is 5.97. The molecule has 0 amide bonds. The minimum Gasteiger partial charge on any atom is -0.303 e. The highest BCUT2D eigenvalue weighted by Crippen LogP contribution is 2.33. The van der Waals surface area contributed by atoms with E-state index in [1.165, 1.54) is 71.0 Å². The number of hydrogen-bond acceptors (Lipinski definition) is 1. The third kappa shape index (κ3) is 4.94. The molecule has 2 heteroatoms. The Morgan fingerprint density at radius 1 is 0.714 bits per heavy atom. The first-order chi connectivity index (χ1) is 10.3. The van der Waals surface area contributed by atoms with Gasteiger partial charge in [0.1, 0.15) is 6.17 Å². The summed E-state index contributed by atoms with van der Waals surface area (Å²) < 4.78 is 13.2. The Hall–Kier alpha value is -0.110. The molecule has 1 unspecified atom stereocenters. The molecule has 3 rings (SSSR count). The lowest BCUT2D eigenvalue weighted by atomic mass is 9.80. The van der Waals surface area contributed by atoms with Gasteiger partial charge in [0.2, 0.25) is 0 Å². The van der Waals surface area contributed by atoms with Crippen LogP contribution in [-0.2, 0) is 0 Å². The lowest BCUT2D eigenvalue weighted by Gasteiger charge is -2.38. The van der Waals surface area contributed by atoms with Gasteiger partial charge in [-0.05, 0) is 69.2 Å². The van der Waals surface area contributed by atoms with Crippen molar-refractivity contribution in [2.75, 3.05) is 19.6 Å². The number of alkyl halides is 1. The van der Waals surface area contributed by atoms with Crippen LogP contribution in [0.3, 0.4) is 0 Å². The molecule has 3 fully saturated rings. The van der Waals surface area contributed by atoms with Gasteiger partial charge >= 0.3 is 0 Å². The van der Waals surface area contributed by atoms with Crippen LogP contribution in [0.1, 0.15) is 77.0 Å². The molecule has 0 aromatic rings. The molecular weight excluding hydrogens is 261 g/mol. The summed E-state index contributed by atoms with van der Waals surface area (Å²) >= 11 is 0. The number of hydrogen-bond donors (Lipinski definition) is 0. The maximum absolute atomic E-state index is 13.2. The molecule has 122 valence electrons. The molecular formula is C19H34FN. The molecule has 2 aliphatic carbocycles. The van der Waals surface area contributed by atoms with Crippen LogP contribution in [0.4, 0.5) is 4.39 Å². The van der Waals surface area contributed by atoms with Crippen LogP contribution in [0.5, 0.6) is 0 Å². The number of rotatable bonds is 4. The molecule has 0 N–H and O–H groups in total. The van der Waals surface area contributed by atoms with E-state index in [9.17, 15) is 4.39 Å². The van der Waals surface area contributed by atoms with Gasteiger partial charge in [-0.25, -0.2) is 4.39 Å². The molecule has 0 radical (unpaired) electrons. The topological polar surface area (TPSA) is 3.24 Å². The second-order valence-electron chi connectivity index (χ2n) is 8.13. The number of halogens is 1. The number of piperidine rings is 1. The van der Waals surface area contributed by atoms with Crippen molar-refractivity contribution >= 4 is 0 Å². The summed E-state index contributed by atoms with van der Waals surface area (Å²) in [7, 11) is 0. The van der Waals surface area contributed by atoms with Crippen LogP contribution >= 0.6 is 0 Å². The molecule has 1 atom stereocenters. The molecule has 0 spiro atoms. The highest BCUT2D eigenvalue weighted by Gasteiger charge is 2.27. The van der Waals surface area contributed by atoms with Crippen molar-refractivity contribution in [2.24, 2.45) is 17.8 Å². The van der Waals surface area contributed by atoms with Crippen molar-refractivity contribution in [3.05, 3.63) is 0 Å². The Morgan fingerprint density at radius 2 is 1.43 bits per heavy atom. The zero-order chi connectivity index (χ0) is 14.5. The minimum absolute atomic E-state index is 0.498. The zero-order valence-corrected chi connectivity index (χ0v) is 13.7. The van der Waals surface area contributed by atoms with E-state index in [-0.39, 0.29) is 0 Å². The Morgan fingerprint density at radius 3 is 2.19 bits per heavy atom. The summed E-state index contributed by atoms with van der Waals surface area (Å²) in [6.07, 6.45) is 15.2. The van der Waals surface area contributed by atoms with Crippen molar-refractivity contribution in [2.45, 2.75) is 83.2 Å². The van der Waals surface area contributed by atoms with Gasteiger partial charge in [0, 0.05) is 13.1 Å². The predicted octanol–water partition coefficient (Wildman–Crippen LogP) is 5.20. The molecule has 0 aromatic heterocycles. The second kappa shape index (κ2) is 7.94. The van der Waals surface area contributed by atoms with E-state index in [2.05, 4.69) is 4.90 Å². The van der Waals surface area contributed by atoms with Crippen LogP contribution in [0.25, 0.3) is 0 Å². The van der Waals surface area contributed by atoms with Gasteiger partial charge in [-0.3, -0.25) is 0 Å². The quantitative estimate of drug-likeness (QED) is 0.689. The Balaban J connectivity index is 1.40. The SMILES string of the molecule is FC1CCC(CN2CCCC(CC3CCCCC3)C2)CC1. The number of likely N-dealkylation sites (tertiary alicyclic amines) is 1. The fraction of sp³-hybridized carbons (Fsp3) is 1.00. The van der Waals surface area contributed by atoms with Crippen molar-refractivity contribution < 1.29 is 4.39 Å². The fourth-order valence-corrected chi connectivity index (χ4v) is 5.07. The molecule has 2 saturated carbocycles. The van der Waals surface area contributed by atoms with Gasteiger partial charge in [-0.15, -0.1) is 0 Å². The van der Waals surface area contributed by atoms with E-state index in [0.717, 1.165) is 43.4 Å². The fourth-order valence-electron chi connectivity index (χ4n) is 5.07. The maximum Gasteiger partial charge on any atom is 0.100 e. The van der Waals surface area contributed by atoms with E-state index in [1.54, 1.807) is 0 Å². The molecule has 0 aromatic carbocycles. The maximum atomic E-state index is 13.2. The monoisotopic (exact) mass is 295 g/mol. The van der Waals surface area contributed by atoms with Gasteiger partial charge < -0.3 is 4.90 Å². The number of nitrogens with zero attached hydrogens (tertiary/aromatic N) is 1. The van der Waals surface area contributed by atoms with Crippen molar-refractivity contribution in [3.63, 3.8) is 0 Å². The predicted molar refractivity (Wildman–Crippen MR) is 87.2 cm³/mol. The molecule has 1 aliphatic heterocycles. The average molecular weight is 295 g/mol. The summed E-state index contributed by atoms with van der Waals surface area (Å²) in [5, 5.41) is 0. The molecule has 0 bridgehead atoms. The summed E-state index contributed by atoms with van der Waals surface area (Å²) in [5.74, 6) is 2.77. The van der Waals surface area contributed by atoms with Crippen molar-refractivity contribution in [1.82, 2.24) is 4.90 Å². The van der Waals surface area contributed by atoms with E-state index in [1.807, 2.05) is 0 Å². The van der Waals surface area contributed by atoms with Crippen LogP contribution in [-0.4, -0.2) is 30.7 Å². The highest BCUT2D eigenvalue weighted by molar-refractivity contribution is 4.80. The largest absolute Gasteiger partial charge is 0.303 e. The van der Waals surface area contributed by atoms with E-state index in [4.69, 9.17) is 0 Å². The van der Waals surface area contributed by atoms with E-state index >= 15 is 0 Å². The summed E-state index contributed by atoms with van der Waals surface area (Å²) in [5.41, 5.74) is 0. The smallest absolute Gasteiger partial charge is 0.100 e. The molecule has 3 aliphatic rings. The first-order valence-corrected chi connectivity index (χ1v) is 9.66. The van der Waals surface area contributed by atoms with Gasteiger partial charge in [0.15, 0.2) is 0 Å². The average Bonchev–Trinajstić information content (AvgIpc) is 2.51. The summed E-state index contributed by atoms with van der Waals surface area (Å²) in [4.78, 5) is 2.72. The Labute approximate surface area is 130 Å². The van der Waals surface area contributed by atoms with Gasteiger partial charge in [-0.1, -0.05) is 32.1 Å². The molecule has 1 saturated heterocycles. The zero-order valence-electron chi connectivity index (χ0n) is 13.7. The lowest BCUT2D eigenvalue weighted by Crippen LogP contribution is -2.40. The third-order valence-electron chi connectivity index (χ3n) is 6.29. The molecule has 1 nitrogen and oxygen atoms in total. The van der Waals surface area contributed by atoms with Crippen molar-refractivity contribution in [3.8, 4) is 0 Å². The molecule has 21 heavy (non-hydrogen) atoms. The second-order valence-corrected chi connectivity index (χ2v) is 8.13. The lowest BCUT2D eigenvalue weighted by molar-refractivity contribution is 0.107. The van der Waals surface area contributed by atoms with Crippen LogP contribution < -0.4 is 0 Å². The van der Waals surface area contributed by atoms with Crippen molar-refractivity contribution in [1.29, 1.82) is 0 Å². The van der Waals surface area contributed by atoms with Crippen LogP contribution in [0.15, 0.2) is 0 Å². The third-order valence-corrected chi connectivity index (χ3v) is 6.29. The first kappa shape index (κ1) is 15.8. The summed E-state index contributed by atoms with van der Waals surface area (Å²) in [6.45, 7) is 3.90. The first-order valence-electron chi connectivity index (χ1n) is 9.66. The van der Waals surface area contributed by atoms with Crippen LogP contribution in [0.2, 0.25) is 0 Å². The highest BCUT2D eigenvalue weighted by atomic mass is 19.1. The van der Waals surface area contributed by atoms with Crippen LogP contribution in [0, 0.1) is 17.8 Å². The Bertz CT molecular complexity index is 292.